The van der Waals surface area contributed by atoms with Crippen molar-refractivity contribution in [3.8, 4) is 0 Å². The predicted octanol–water partition coefficient (Wildman–Crippen LogP) is 1.77. The van der Waals surface area contributed by atoms with Gasteiger partial charge in [0.2, 0.25) is 0 Å². The van der Waals surface area contributed by atoms with Crippen LogP contribution in [-0.4, -0.2) is 47.7 Å². The Morgan fingerprint density at radius 2 is 1.86 bits per heavy atom. The highest BCUT2D eigenvalue weighted by Gasteiger charge is 2.37. The van der Waals surface area contributed by atoms with E-state index < -0.39 is 0 Å². The van der Waals surface area contributed by atoms with E-state index in [0.717, 1.165) is 37.0 Å². The van der Waals surface area contributed by atoms with Gasteiger partial charge >= 0.3 is 0 Å². The van der Waals surface area contributed by atoms with E-state index in [4.69, 9.17) is 10.5 Å². The summed E-state index contributed by atoms with van der Waals surface area (Å²) < 4.78 is 7.95. The van der Waals surface area contributed by atoms with Gasteiger partial charge in [0, 0.05) is 35.2 Å². The van der Waals surface area contributed by atoms with Crippen LogP contribution < -0.4 is 5.73 Å². The number of fused-ring (bicyclic) bond motifs is 3. The number of piperidine rings is 1. The van der Waals surface area contributed by atoms with Crippen molar-refractivity contribution in [2.45, 2.75) is 31.0 Å². The summed E-state index contributed by atoms with van der Waals surface area (Å²) in [6.07, 6.45) is 4.04. The number of nitrogens with zero attached hydrogens (tertiary/aromatic N) is 2. The number of ether oxygens (including phenoxy) is 1. The van der Waals surface area contributed by atoms with Crippen molar-refractivity contribution in [3.05, 3.63) is 36.0 Å². The number of likely N-dealkylation sites (N-methyl/N-ethyl adjacent to an activating group) is 1. The third kappa shape index (κ3) is 2.04. The highest BCUT2D eigenvalue weighted by atomic mass is 16.5. The quantitative estimate of drug-likeness (QED) is 0.919. The van der Waals surface area contributed by atoms with Gasteiger partial charge in [0.25, 0.3) is 5.91 Å². The van der Waals surface area contributed by atoms with E-state index >= 15 is 0 Å². The second kappa shape index (κ2) is 5.11. The van der Waals surface area contributed by atoms with Crippen molar-refractivity contribution in [1.29, 1.82) is 0 Å². The second-order valence-corrected chi connectivity index (χ2v) is 6.47. The number of hydrogen-bond acceptors (Lipinski definition) is 3. The fourth-order valence-corrected chi connectivity index (χ4v) is 4.00. The van der Waals surface area contributed by atoms with Crippen molar-refractivity contribution in [1.82, 2.24) is 9.47 Å². The third-order valence-electron chi connectivity index (χ3n) is 5.26. The number of amides is 1. The van der Waals surface area contributed by atoms with Crippen LogP contribution in [0.3, 0.4) is 0 Å². The maximum absolute atomic E-state index is 11.7. The van der Waals surface area contributed by atoms with Crippen LogP contribution in [0.1, 0.15) is 29.2 Å². The Labute approximate surface area is 129 Å². The lowest BCUT2D eigenvalue weighted by atomic mass is 9.90. The number of aromatic nitrogens is 1. The Morgan fingerprint density at radius 1 is 1.18 bits per heavy atom. The molecule has 2 atom stereocenters. The van der Waals surface area contributed by atoms with Gasteiger partial charge in [-0.25, -0.2) is 0 Å². The highest BCUT2D eigenvalue weighted by Crippen LogP contribution is 2.36. The molecular formula is C17H21N3O2. The van der Waals surface area contributed by atoms with E-state index in [1.54, 1.807) is 0 Å². The van der Waals surface area contributed by atoms with Gasteiger partial charge in [0.05, 0.1) is 18.8 Å². The van der Waals surface area contributed by atoms with E-state index in [1.165, 1.54) is 0 Å². The minimum atomic E-state index is -0.355. The van der Waals surface area contributed by atoms with Crippen LogP contribution in [0.4, 0.5) is 0 Å². The predicted molar refractivity (Wildman–Crippen MR) is 84.9 cm³/mol. The maximum Gasteiger partial charge on any atom is 0.250 e. The first-order valence-electron chi connectivity index (χ1n) is 7.84. The zero-order valence-electron chi connectivity index (χ0n) is 12.7. The third-order valence-corrected chi connectivity index (χ3v) is 5.26. The Balaban J connectivity index is 1.77. The number of para-hydroxylation sites is 1. The van der Waals surface area contributed by atoms with E-state index in [-0.39, 0.29) is 5.91 Å². The molecule has 0 saturated carbocycles. The molecule has 1 amide bonds. The van der Waals surface area contributed by atoms with Crippen LogP contribution in [0, 0.1) is 0 Å². The lowest BCUT2D eigenvalue weighted by molar-refractivity contribution is -0.0719. The molecule has 2 bridgehead atoms. The Morgan fingerprint density at radius 3 is 2.55 bits per heavy atom. The molecule has 2 saturated heterocycles. The molecule has 0 aliphatic carbocycles. The molecule has 2 fully saturated rings. The molecule has 2 unspecified atom stereocenters. The molecule has 1 aromatic carbocycles. The van der Waals surface area contributed by atoms with Gasteiger partial charge in [0.15, 0.2) is 0 Å². The van der Waals surface area contributed by atoms with Gasteiger partial charge < -0.3 is 15.0 Å². The van der Waals surface area contributed by atoms with E-state index in [2.05, 4.69) is 22.6 Å². The summed E-state index contributed by atoms with van der Waals surface area (Å²) in [6.45, 7) is 1.59. The summed E-state index contributed by atoms with van der Waals surface area (Å²) in [5, 5.41) is 0.954. The first-order chi connectivity index (χ1) is 10.6. The number of hydrogen-bond donors (Lipinski definition) is 1. The monoisotopic (exact) mass is 299 g/mol. The smallest absolute Gasteiger partial charge is 0.250 e. The first-order valence-corrected chi connectivity index (χ1v) is 7.84. The number of carbonyl (C=O) groups is 1. The summed E-state index contributed by atoms with van der Waals surface area (Å²) in [6, 6.07) is 9.33. The molecule has 5 nitrogen and oxygen atoms in total. The van der Waals surface area contributed by atoms with Gasteiger partial charge in [-0.2, -0.15) is 0 Å². The largest absolute Gasteiger partial charge is 0.378 e. The topological polar surface area (TPSA) is 60.5 Å². The summed E-state index contributed by atoms with van der Waals surface area (Å²) >= 11 is 0. The van der Waals surface area contributed by atoms with Crippen molar-refractivity contribution in [2.24, 2.45) is 5.73 Å². The van der Waals surface area contributed by atoms with Crippen LogP contribution in [0.25, 0.3) is 10.9 Å². The number of primary amides is 1. The minimum Gasteiger partial charge on any atom is -0.378 e. The SMILES string of the molecule is CN1C2COCC1CC(n1cc(C(N)=O)c3ccccc31)C2. The Bertz CT molecular complexity index is 710. The number of carbonyl (C=O) groups excluding carboxylic acids is 1. The summed E-state index contributed by atoms with van der Waals surface area (Å²) in [5.41, 5.74) is 7.28. The van der Waals surface area contributed by atoms with E-state index in [9.17, 15) is 4.79 Å². The van der Waals surface area contributed by atoms with Crippen LogP contribution in [0.15, 0.2) is 30.5 Å². The van der Waals surface area contributed by atoms with Crippen molar-refractivity contribution >= 4 is 16.8 Å². The summed E-state index contributed by atoms with van der Waals surface area (Å²) in [7, 11) is 2.19. The molecule has 116 valence electrons. The molecule has 2 aliphatic heterocycles. The number of benzene rings is 1. The van der Waals surface area contributed by atoms with E-state index in [0.29, 0.717) is 23.7 Å². The standard InChI is InChI=1S/C17H21N3O2/c1-19-12-6-11(7-13(19)10-22-9-12)20-8-15(17(18)21)14-4-2-3-5-16(14)20/h2-5,8,11-13H,6-7,9-10H2,1H3,(H2,18,21). The number of nitrogens with two attached hydrogens (primary N) is 1. The van der Waals surface area contributed by atoms with Crippen LogP contribution in [-0.2, 0) is 4.74 Å². The van der Waals surface area contributed by atoms with Gasteiger partial charge in [-0.05, 0) is 26.0 Å². The van der Waals surface area contributed by atoms with Crippen LogP contribution in [0.5, 0.6) is 0 Å². The molecule has 1 aromatic heterocycles. The minimum absolute atomic E-state index is 0.355. The molecule has 2 aromatic rings. The maximum atomic E-state index is 11.7. The number of rotatable bonds is 2. The Kier molecular flexibility index (Phi) is 3.20. The van der Waals surface area contributed by atoms with Gasteiger partial charge in [-0.15, -0.1) is 0 Å². The first kappa shape index (κ1) is 13.8. The molecule has 22 heavy (non-hydrogen) atoms. The fraction of sp³-hybridized carbons (Fsp3) is 0.471. The lowest BCUT2D eigenvalue weighted by Crippen LogP contribution is -2.55. The molecule has 0 spiro atoms. The molecule has 5 heteroatoms. The van der Waals surface area contributed by atoms with Crippen molar-refractivity contribution < 1.29 is 9.53 Å². The van der Waals surface area contributed by atoms with Crippen LogP contribution >= 0.6 is 0 Å². The molecular weight excluding hydrogens is 278 g/mol. The molecule has 2 aliphatic rings. The zero-order chi connectivity index (χ0) is 15.3. The van der Waals surface area contributed by atoms with Gasteiger partial charge in [-0.3, -0.25) is 9.69 Å². The summed E-state index contributed by atoms with van der Waals surface area (Å²) in [4.78, 5) is 14.2. The number of morpholine rings is 1. The van der Waals surface area contributed by atoms with Crippen molar-refractivity contribution in [3.63, 3.8) is 0 Å². The lowest BCUT2D eigenvalue weighted by Gasteiger charge is -2.47. The van der Waals surface area contributed by atoms with Gasteiger partial charge in [0.1, 0.15) is 0 Å². The van der Waals surface area contributed by atoms with Crippen LogP contribution in [0.2, 0.25) is 0 Å². The normalized spacial score (nSPS) is 28.9. The molecule has 4 rings (SSSR count). The fourth-order valence-electron chi connectivity index (χ4n) is 4.00. The van der Waals surface area contributed by atoms with E-state index in [1.807, 2.05) is 24.4 Å². The molecule has 3 heterocycles. The average Bonchev–Trinajstić information content (AvgIpc) is 2.87. The average molecular weight is 299 g/mol. The zero-order valence-corrected chi connectivity index (χ0v) is 12.7. The molecule has 2 N–H and O–H groups in total. The Hall–Kier alpha value is -1.85. The highest BCUT2D eigenvalue weighted by molar-refractivity contribution is 6.06. The van der Waals surface area contributed by atoms with Crippen molar-refractivity contribution in [2.75, 3.05) is 20.3 Å². The second-order valence-electron chi connectivity index (χ2n) is 6.47. The van der Waals surface area contributed by atoms with Gasteiger partial charge in [-0.1, -0.05) is 18.2 Å². The summed E-state index contributed by atoms with van der Waals surface area (Å²) in [5.74, 6) is -0.355. The molecule has 0 radical (unpaired) electrons.